The first-order valence-electron chi connectivity index (χ1n) is 5.53. The van der Waals surface area contributed by atoms with Gasteiger partial charge < -0.3 is 10.0 Å². The van der Waals surface area contributed by atoms with E-state index < -0.39 is 5.97 Å². The van der Waals surface area contributed by atoms with Gasteiger partial charge in [0.05, 0.1) is 12.0 Å². The summed E-state index contributed by atoms with van der Waals surface area (Å²) < 4.78 is 0. The molecule has 0 fully saturated rings. The Morgan fingerprint density at radius 1 is 1.41 bits per heavy atom. The van der Waals surface area contributed by atoms with E-state index in [1.54, 1.807) is 16.2 Å². The summed E-state index contributed by atoms with van der Waals surface area (Å²) in [6, 6.07) is 1.87. The number of aliphatic carboxylic acids is 1. The third-order valence-corrected chi connectivity index (χ3v) is 3.50. The lowest BCUT2D eigenvalue weighted by molar-refractivity contribution is -0.137. The summed E-state index contributed by atoms with van der Waals surface area (Å²) in [5.41, 5.74) is 0.694. The Morgan fingerprint density at radius 2 is 2.06 bits per heavy atom. The zero-order valence-electron chi connectivity index (χ0n) is 10.3. The number of carbonyl (C=O) groups is 2. The van der Waals surface area contributed by atoms with Crippen molar-refractivity contribution in [3.63, 3.8) is 0 Å². The fraction of sp³-hybridized carbons (Fsp3) is 0.500. The molecule has 1 N–H and O–H groups in total. The molecule has 0 aromatic carbocycles. The van der Waals surface area contributed by atoms with Crippen molar-refractivity contribution in [1.82, 2.24) is 4.90 Å². The number of carbonyl (C=O) groups excluding carboxylic acids is 1. The predicted molar refractivity (Wildman–Crippen MR) is 67.6 cm³/mol. The highest BCUT2D eigenvalue weighted by Crippen LogP contribution is 2.22. The first-order chi connectivity index (χ1) is 7.95. The summed E-state index contributed by atoms with van der Waals surface area (Å²) in [7, 11) is 0. The summed E-state index contributed by atoms with van der Waals surface area (Å²) in [6.45, 7) is 6.52. The first kappa shape index (κ1) is 13.7. The zero-order valence-corrected chi connectivity index (χ0v) is 11.1. The molecule has 1 amide bonds. The quantitative estimate of drug-likeness (QED) is 0.878. The molecule has 0 saturated heterocycles. The fourth-order valence-corrected chi connectivity index (χ4v) is 2.56. The second-order valence-electron chi connectivity index (χ2n) is 3.86. The van der Waals surface area contributed by atoms with Gasteiger partial charge in [-0.1, -0.05) is 0 Å². The van der Waals surface area contributed by atoms with Crippen molar-refractivity contribution >= 4 is 23.2 Å². The smallest absolute Gasteiger partial charge is 0.305 e. The molecule has 0 unspecified atom stereocenters. The average molecular weight is 255 g/mol. The predicted octanol–water partition coefficient (Wildman–Crippen LogP) is 2.30. The van der Waals surface area contributed by atoms with E-state index in [4.69, 9.17) is 5.11 Å². The minimum Gasteiger partial charge on any atom is -0.481 e. The van der Waals surface area contributed by atoms with Gasteiger partial charge in [-0.15, -0.1) is 11.3 Å². The SMILES string of the molecule is CCN(CCC(=O)O)C(=O)c1cc(C)sc1C. The normalized spacial score (nSPS) is 10.3. The highest BCUT2D eigenvalue weighted by atomic mass is 32.1. The van der Waals surface area contributed by atoms with Crippen LogP contribution in [0.4, 0.5) is 0 Å². The largest absolute Gasteiger partial charge is 0.481 e. The van der Waals surface area contributed by atoms with Gasteiger partial charge in [0.25, 0.3) is 5.91 Å². The van der Waals surface area contributed by atoms with E-state index in [1.165, 1.54) is 0 Å². The summed E-state index contributed by atoms with van der Waals surface area (Å²) in [5.74, 6) is -0.954. The molecule has 4 nitrogen and oxygen atoms in total. The van der Waals surface area contributed by atoms with Gasteiger partial charge in [0.15, 0.2) is 0 Å². The minimum atomic E-state index is -0.880. The summed E-state index contributed by atoms with van der Waals surface area (Å²) in [6.07, 6.45) is -0.0122. The molecule has 1 rings (SSSR count). The maximum absolute atomic E-state index is 12.2. The number of nitrogens with zero attached hydrogens (tertiary/aromatic N) is 1. The number of rotatable bonds is 5. The maximum Gasteiger partial charge on any atom is 0.305 e. The second-order valence-corrected chi connectivity index (χ2v) is 5.32. The van der Waals surface area contributed by atoms with Crippen molar-refractivity contribution in [2.45, 2.75) is 27.2 Å². The molecular weight excluding hydrogens is 238 g/mol. The maximum atomic E-state index is 12.2. The molecule has 1 aromatic rings. The molecule has 94 valence electrons. The molecule has 17 heavy (non-hydrogen) atoms. The third-order valence-electron chi connectivity index (χ3n) is 2.54. The number of carboxylic acids is 1. The molecule has 0 aliphatic rings. The number of hydrogen-bond acceptors (Lipinski definition) is 3. The van der Waals surface area contributed by atoms with Crippen molar-refractivity contribution in [1.29, 1.82) is 0 Å². The second kappa shape index (κ2) is 5.82. The Bertz CT molecular complexity index is 425. The molecule has 5 heteroatoms. The van der Waals surface area contributed by atoms with Gasteiger partial charge in [0.1, 0.15) is 0 Å². The number of hydrogen-bond donors (Lipinski definition) is 1. The number of carboxylic acid groups (broad SMARTS) is 1. The molecule has 1 heterocycles. The van der Waals surface area contributed by atoms with E-state index in [9.17, 15) is 9.59 Å². The molecule has 0 aliphatic carbocycles. The van der Waals surface area contributed by atoms with Gasteiger partial charge in [-0.05, 0) is 26.8 Å². The number of thiophene rings is 1. The summed E-state index contributed by atoms with van der Waals surface area (Å²) in [4.78, 5) is 26.3. The van der Waals surface area contributed by atoms with Crippen LogP contribution < -0.4 is 0 Å². The van der Waals surface area contributed by atoms with Gasteiger partial charge in [-0.3, -0.25) is 9.59 Å². The van der Waals surface area contributed by atoms with E-state index in [1.807, 2.05) is 26.8 Å². The summed E-state index contributed by atoms with van der Waals surface area (Å²) in [5, 5.41) is 8.63. The van der Waals surface area contributed by atoms with Crippen molar-refractivity contribution in [2.24, 2.45) is 0 Å². The van der Waals surface area contributed by atoms with E-state index in [0.717, 1.165) is 9.75 Å². The third kappa shape index (κ3) is 3.56. The number of aryl methyl sites for hydroxylation is 2. The van der Waals surface area contributed by atoms with Crippen LogP contribution in [-0.4, -0.2) is 35.0 Å². The highest BCUT2D eigenvalue weighted by Gasteiger charge is 2.18. The van der Waals surface area contributed by atoms with Crippen LogP contribution >= 0.6 is 11.3 Å². The monoisotopic (exact) mass is 255 g/mol. The molecule has 0 saturated carbocycles. The van der Waals surface area contributed by atoms with Crippen LogP contribution in [0.2, 0.25) is 0 Å². The van der Waals surface area contributed by atoms with Crippen LogP contribution in [-0.2, 0) is 4.79 Å². The van der Waals surface area contributed by atoms with Crippen molar-refractivity contribution in [3.8, 4) is 0 Å². The van der Waals surface area contributed by atoms with Crippen LogP contribution in [0, 0.1) is 13.8 Å². The van der Waals surface area contributed by atoms with Crippen LogP contribution in [0.15, 0.2) is 6.07 Å². The van der Waals surface area contributed by atoms with Crippen LogP contribution in [0.1, 0.15) is 33.5 Å². The topological polar surface area (TPSA) is 57.6 Å². The molecule has 0 spiro atoms. The molecule has 0 radical (unpaired) electrons. The van der Waals surface area contributed by atoms with E-state index in [2.05, 4.69) is 0 Å². The molecule has 0 aliphatic heterocycles. The van der Waals surface area contributed by atoms with Gasteiger partial charge >= 0.3 is 5.97 Å². The molecule has 0 atom stereocenters. The number of amides is 1. The van der Waals surface area contributed by atoms with E-state index in [-0.39, 0.29) is 18.9 Å². The van der Waals surface area contributed by atoms with Gasteiger partial charge in [-0.25, -0.2) is 0 Å². The van der Waals surface area contributed by atoms with E-state index >= 15 is 0 Å². The highest BCUT2D eigenvalue weighted by molar-refractivity contribution is 7.12. The van der Waals surface area contributed by atoms with E-state index in [0.29, 0.717) is 12.1 Å². The molecule has 1 aromatic heterocycles. The van der Waals surface area contributed by atoms with Gasteiger partial charge in [0, 0.05) is 22.8 Å². The lowest BCUT2D eigenvalue weighted by Gasteiger charge is -2.19. The van der Waals surface area contributed by atoms with Crippen LogP contribution in [0.25, 0.3) is 0 Å². The summed E-state index contributed by atoms with van der Waals surface area (Å²) >= 11 is 1.59. The fourth-order valence-electron chi connectivity index (χ4n) is 1.65. The average Bonchev–Trinajstić information content (AvgIpc) is 2.58. The minimum absolute atomic E-state index is 0.0122. The Labute approximate surface area is 105 Å². The van der Waals surface area contributed by atoms with Gasteiger partial charge in [-0.2, -0.15) is 0 Å². The van der Waals surface area contributed by atoms with Crippen molar-refractivity contribution in [3.05, 3.63) is 21.4 Å². The Morgan fingerprint density at radius 3 is 2.47 bits per heavy atom. The first-order valence-corrected chi connectivity index (χ1v) is 6.35. The van der Waals surface area contributed by atoms with Crippen LogP contribution in [0.5, 0.6) is 0 Å². The standard InChI is InChI=1S/C12H17NO3S/c1-4-13(6-5-11(14)15)12(16)10-7-8(2)17-9(10)3/h7H,4-6H2,1-3H3,(H,14,15). The van der Waals surface area contributed by atoms with Gasteiger partial charge in [0.2, 0.25) is 0 Å². The lowest BCUT2D eigenvalue weighted by Crippen LogP contribution is -2.32. The van der Waals surface area contributed by atoms with Crippen molar-refractivity contribution in [2.75, 3.05) is 13.1 Å². The van der Waals surface area contributed by atoms with Crippen molar-refractivity contribution < 1.29 is 14.7 Å². The Balaban J connectivity index is 2.79. The molecule has 0 bridgehead atoms. The Kier molecular flexibility index (Phi) is 4.69. The molecular formula is C12H17NO3S. The lowest BCUT2D eigenvalue weighted by atomic mass is 10.2. The van der Waals surface area contributed by atoms with Crippen LogP contribution in [0.3, 0.4) is 0 Å². The zero-order chi connectivity index (χ0) is 13.0. The Hall–Kier alpha value is -1.36.